The van der Waals surface area contributed by atoms with Crippen LogP contribution in [-0.2, 0) is 0 Å². The normalized spacial score (nSPS) is 18.1. The lowest BCUT2D eigenvalue weighted by Crippen LogP contribution is -2.41. The fourth-order valence-corrected chi connectivity index (χ4v) is 2.18. The SMILES string of the molecule is CN(C)C1CCN(c2ccc(C=O)o2)CC1. The molecule has 4 heteroatoms. The Bertz CT molecular complexity index is 352. The van der Waals surface area contributed by atoms with E-state index in [0.29, 0.717) is 11.8 Å². The van der Waals surface area contributed by atoms with Gasteiger partial charge in [-0.2, -0.15) is 0 Å². The van der Waals surface area contributed by atoms with E-state index < -0.39 is 0 Å². The molecule has 0 N–H and O–H groups in total. The Morgan fingerprint density at radius 2 is 2.06 bits per heavy atom. The molecule has 0 aromatic carbocycles. The van der Waals surface area contributed by atoms with E-state index in [1.807, 2.05) is 6.07 Å². The van der Waals surface area contributed by atoms with Crippen LogP contribution in [0, 0.1) is 0 Å². The lowest BCUT2D eigenvalue weighted by Gasteiger charge is -2.34. The highest BCUT2D eigenvalue weighted by atomic mass is 16.4. The summed E-state index contributed by atoms with van der Waals surface area (Å²) in [4.78, 5) is 15.0. The van der Waals surface area contributed by atoms with E-state index in [0.717, 1.165) is 38.1 Å². The molecule has 1 aliphatic heterocycles. The number of piperidine rings is 1. The molecule has 0 unspecified atom stereocenters. The molecule has 0 saturated carbocycles. The number of carbonyl (C=O) groups excluding carboxylic acids is 1. The van der Waals surface area contributed by atoms with Gasteiger partial charge in [0, 0.05) is 25.2 Å². The molecule has 0 spiro atoms. The van der Waals surface area contributed by atoms with E-state index in [9.17, 15) is 4.79 Å². The van der Waals surface area contributed by atoms with E-state index in [1.54, 1.807) is 6.07 Å². The van der Waals surface area contributed by atoms with E-state index in [2.05, 4.69) is 23.9 Å². The first-order valence-electron chi connectivity index (χ1n) is 5.67. The van der Waals surface area contributed by atoms with Crippen LogP contribution < -0.4 is 4.90 Å². The highest BCUT2D eigenvalue weighted by Crippen LogP contribution is 2.23. The molecule has 1 aliphatic rings. The quantitative estimate of drug-likeness (QED) is 0.728. The summed E-state index contributed by atoms with van der Waals surface area (Å²) in [5.74, 6) is 1.23. The van der Waals surface area contributed by atoms with Crippen LogP contribution in [0.25, 0.3) is 0 Å². The lowest BCUT2D eigenvalue weighted by atomic mass is 10.0. The Labute approximate surface area is 95.8 Å². The highest BCUT2D eigenvalue weighted by Gasteiger charge is 2.22. The minimum atomic E-state index is 0.407. The maximum atomic E-state index is 10.5. The molecule has 2 heterocycles. The number of furan rings is 1. The van der Waals surface area contributed by atoms with Gasteiger partial charge in [-0.1, -0.05) is 0 Å². The molecule has 0 bridgehead atoms. The van der Waals surface area contributed by atoms with Crippen molar-refractivity contribution in [3.05, 3.63) is 17.9 Å². The maximum absolute atomic E-state index is 10.5. The smallest absolute Gasteiger partial charge is 0.196 e. The molecule has 0 aliphatic carbocycles. The van der Waals surface area contributed by atoms with Gasteiger partial charge in [-0.3, -0.25) is 4.79 Å². The molecule has 16 heavy (non-hydrogen) atoms. The summed E-state index contributed by atoms with van der Waals surface area (Å²) in [7, 11) is 4.25. The Kier molecular flexibility index (Phi) is 3.29. The van der Waals surface area contributed by atoms with Crippen molar-refractivity contribution in [1.82, 2.24) is 4.90 Å². The minimum absolute atomic E-state index is 0.407. The van der Waals surface area contributed by atoms with Crippen LogP contribution in [0.4, 0.5) is 5.88 Å². The molecular weight excluding hydrogens is 204 g/mol. The van der Waals surface area contributed by atoms with Crippen LogP contribution in [0.3, 0.4) is 0 Å². The molecule has 1 aromatic heterocycles. The summed E-state index contributed by atoms with van der Waals surface area (Å²) >= 11 is 0. The third-order valence-electron chi connectivity index (χ3n) is 3.24. The second-order valence-corrected chi connectivity index (χ2v) is 4.48. The molecular formula is C12H18N2O2. The molecule has 1 aromatic rings. The molecule has 0 radical (unpaired) electrons. The van der Waals surface area contributed by atoms with Crippen molar-refractivity contribution in [2.24, 2.45) is 0 Å². The van der Waals surface area contributed by atoms with Gasteiger partial charge in [-0.25, -0.2) is 0 Å². The minimum Gasteiger partial charge on any atom is -0.438 e. The number of aldehydes is 1. The van der Waals surface area contributed by atoms with Gasteiger partial charge in [0.1, 0.15) is 0 Å². The summed E-state index contributed by atoms with van der Waals surface area (Å²) in [6, 6.07) is 4.26. The summed E-state index contributed by atoms with van der Waals surface area (Å²) in [5, 5.41) is 0. The van der Waals surface area contributed by atoms with Crippen LogP contribution >= 0.6 is 0 Å². The van der Waals surface area contributed by atoms with Gasteiger partial charge in [0.05, 0.1) is 0 Å². The fourth-order valence-electron chi connectivity index (χ4n) is 2.18. The van der Waals surface area contributed by atoms with Crippen LogP contribution in [-0.4, -0.2) is 44.4 Å². The number of anilines is 1. The van der Waals surface area contributed by atoms with Crippen molar-refractivity contribution in [3.8, 4) is 0 Å². The molecule has 1 fully saturated rings. The topological polar surface area (TPSA) is 36.7 Å². The van der Waals surface area contributed by atoms with Crippen molar-refractivity contribution in [2.45, 2.75) is 18.9 Å². The summed E-state index contributed by atoms with van der Waals surface area (Å²) < 4.78 is 5.41. The van der Waals surface area contributed by atoms with E-state index in [4.69, 9.17) is 4.42 Å². The van der Waals surface area contributed by atoms with Crippen LogP contribution in [0.2, 0.25) is 0 Å². The first-order valence-corrected chi connectivity index (χ1v) is 5.67. The Balaban J connectivity index is 1.96. The largest absolute Gasteiger partial charge is 0.438 e. The summed E-state index contributed by atoms with van der Waals surface area (Å²) in [6.45, 7) is 1.99. The van der Waals surface area contributed by atoms with Gasteiger partial charge in [0.2, 0.25) is 0 Å². The third-order valence-corrected chi connectivity index (χ3v) is 3.24. The van der Waals surface area contributed by atoms with Crippen LogP contribution in [0.5, 0.6) is 0 Å². The molecule has 4 nitrogen and oxygen atoms in total. The molecule has 2 rings (SSSR count). The van der Waals surface area contributed by atoms with Gasteiger partial charge in [-0.15, -0.1) is 0 Å². The van der Waals surface area contributed by atoms with Crippen molar-refractivity contribution >= 4 is 12.2 Å². The van der Waals surface area contributed by atoms with E-state index in [1.165, 1.54) is 0 Å². The zero-order chi connectivity index (χ0) is 11.5. The van der Waals surface area contributed by atoms with E-state index in [-0.39, 0.29) is 0 Å². The lowest BCUT2D eigenvalue weighted by molar-refractivity contribution is 0.110. The first kappa shape index (κ1) is 11.2. The van der Waals surface area contributed by atoms with Gasteiger partial charge in [-0.05, 0) is 33.0 Å². The Morgan fingerprint density at radius 1 is 1.38 bits per heavy atom. The highest BCUT2D eigenvalue weighted by molar-refractivity contribution is 5.71. The van der Waals surface area contributed by atoms with Crippen LogP contribution in [0.15, 0.2) is 16.5 Å². The molecule has 88 valence electrons. The van der Waals surface area contributed by atoms with Gasteiger partial charge < -0.3 is 14.2 Å². The monoisotopic (exact) mass is 222 g/mol. The average molecular weight is 222 g/mol. The molecule has 0 amide bonds. The molecule has 1 saturated heterocycles. The van der Waals surface area contributed by atoms with Gasteiger partial charge in [0.25, 0.3) is 0 Å². The second-order valence-electron chi connectivity index (χ2n) is 4.48. The second kappa shape index (κ2) is 4.70. The number of hydrogen-bond donors (Lipinski definition) is 0. The zero-order valence-corrected chi connectivity index (χ0v) is 9.85. The first-order chi connectivity index (χ1) is 7.70. The number of carbonyl (C=O) groups is 1. The van der Waals surface area contributed by atoms with Crippen LogP contribution in [0.1, 0.15) is 23.4 Å². The maximum Gasteiger partial charge on any atom is 0.196 e. The Morgan fingerprint density at radius 3 is 2.56 bits per heavy atom. The number of nitrogens with zero attached hydrogens (tertiary/aromatic N) is 2. The fraction of sp³-hybridized carbons (Fsp3) is 0.583. The third kappa shape index (κ3) is 2.27. The Hall–Kier alpha value is -1.29. The summed E-state index contributed by atoms with van der Waals surface area (Å²) in [5.41, 5.74) is 0. The predicted octanol–water partition coefficient (Wildman–Crippen LogP) is 1.62. The van der Waals surface area contributed by atoms with Gasteiger partial charge in [0.15, 0.2) is 17.9 Å². The van der Waals surface area contributed by atoms with Crippen molar-refractivity contribution < 1.29 is 9.21 Å². The standard InChI is InChI=1S/C12H18N2O2/c1-13(2)10-5-7-14(8-6-10)12-4-3-11(9-15)16-12/h3-4,9-10H,5-8H2,1-2H3. The van der Waals surface area contributed by atoms with Gasteiger partial charge >= 0.3 is 0 Å². The van der Waals surface area contributed by atoms with E-state index >= 15 is 0 Å². The summed E-state index contributed by atoms with van der Waals surface area (Å²) in [6.07, 6.45) is 3.03. The number of hydrogen-bond acceptors (Lipinski definition) is 4. The van der Waals surface area contributed by atoms with Crippen molar-refractivity contribution in [3.63, 3.8) is 0 Å². The zero-order valence-electron chi connectivity index (χ0n) is 9.85. The number of rotatable bonds is 3. The average Bonchev–Trinajstić information content (AvgIpc) is 2.77. The predicted molar refractivity (Wildman–Crippen MR) is 63.0 cm³/mol. The van der Waals surface area contributed by atoms with Crippen molar-refractivity contribution in [2.75, 3.05) is 32.1 Å². The van der Waals surface area contributed by atoms with Crippen molar-refractivity contribution in [1.29, 1.82) is 0 Å². The molecule has 0 atom stereocenters.